The maximum absolute atomic E-state index is 11.3. The molecule has 1 aromatic carbocycles. The summed E-state index contributed by atoms with van der Waals surface area (Å²) in [6.45, 7) is -0.0328. The first kappa shape index (κ1) is 9.43. The van der Waals surface area contributed by atoms with Gasteiger partial charge in [0.05, 0.1) is 5.69 Å². The number of hydrogen-bond donors (Lipinski definition) is 0. The molecule has 1 heterocycles. The van der Waals surface area contributed by atoms with Gasteiger partial charge in [0, 0.05) is 7.05 Å². The molecule has 1 aliphatic heterocycles. The van der Waals surface area contributed by atoms with Gasteiger partial charge in [0.2, 0.25) is 6.08 Å². The second-order valence-electron chi connectivity index (χ2n) is 3.07. The second-order valence-corrected chi connectivity index (χ2v) is 3.07. The average molecular weight is 204 g/mol. The lowest BCUT2D eigenvalue weighted by Crippen LogP contribution is -2.35. The SMILES string of the molecule is CN1C(=O)COc2c(N=C=O)cccc21. The van der Waals surface area contributed by atoms with E-state index in [4.69, 9.17) is 4.74 Å². The minimum absolute atomic E-state index is 0.0328. The highest BCUT2D eigenvalue weighted by Gasteiger charge is 2.24. The van der Waals surface area contributed by atoms with E-state index in [9.17, 15) is 9.59 Å². The first-order chi connectivity index (χ1) is 7.24. The van der Waals surface area contributed by atoms with Crippen LogP contribution in [-0.2, 0) is 9.59 Å². The number of carbonyl (C=O) groups is 1. The molecule has 0 saturated carbocycles. The summed E-state index contributed by atoms with van der Waals surface area (Å²) in [6, 6.07) is 5.07. The number of nitrogens with zero attached hydrogens (tertiary/aromatic N) is 2. The predicted octanol–water partition coefficient (Wildman–Crippen LogP) is 1.01. The van der Waals surface area contributed by atoms with E-state index < -0.39 is 0 Å². The number of isocyanates is 1. The average Bonchev–Trinajstić information content (AvgIpc) is 2.25. The van der Waals surface area contributed by atoms with Gasteiger partial charge in [0.1, 0.15) is 5.69 Å². The number of ether oxygens (including phenoxy) is 1. The van der Waals surface area contributed by atoms with Crippen LogP contribution in [0.3, 0.4) is 0 Å². The molecule has 5 nitrogen and oxygen atoms in total. The number of benzene rings is 1. The summed E-state index contributed by atoms with van der Waals surface area (Å²) in [5, 5.41) is 0. The minimum Gasteiger partial charge on any atom is -0.479 e. The van der Waals surface area contributed by atoms with E-state index in [2.05, 4.69) is 4.99 Å². The molecular formula is C10H8N2O3. The Hall–Kier alpha value is -2.13. The van der Waals surface area contributed by atoms with Gasteiger partial charge in [-0.15, -0.1) is 0 Å². The molecule has 0 bridgehead atoms. The molecule has 2 rings (SSSR count). The molecule has 0 aliphatic carbocycles. The van der Waals surface area contributed by atoms with Gasteiger partial charge in [-0.25, -0.2) is 4.79 Å². The Morgan fingerprint density at radius 1 is 1.53 bits per heavy atom. The number of likely N-dealkylation sites (N-methyl/N-ethyl adjacent to an activating group) is 1. The highest BCUT2D eigenvalue weighted by Crippen LogP contribution is 2.39. The molecule has 1 aliphatic rings. The van der Waals surface area contributed by atoms with Gasteiger partial charge in [-0.1, -0.05) is 6.07 Å². The maximum atomic E-state index is 11.3. The summed E-state index contributed by atoms with van der Waals surface area (Å²) in [5.74, 6) is 0.317. The first-order valence-corrected chi connectivity index (χ1v) is 4.34. The van der Waals surface area contributed by atoms with Crippen molar-refractivity contribution in [3.05, 3.63) is 18.2 Å². The molecule has 0 fully saturated rings. The van der Waals surface area contributed by atoms with Crippen LogP contribution >= 0.6 is 0 Å². The summed E-state index contributed by atoms with van der Waals surface area (Å²) in [5.41, 5.74) is 1.00. The minimum atomic E-state index is -0.130. The number of aliphatic imine (C=N–C) groups is 1. The Bertz CT molecular complexity index is 464. The molecule has 0 aromatic heterocycles. The normalized spacial score (nSPS) is 13.9. The fraction of sp³-hybridized carbons (Fsp3) is 0.200. The van der Waals surface area contributed by atoms with Crippen molar-refractivity contribution in [2.24, 2.45) is 4.99 Å². The summed E-state index contributed by atoms with van der Waals surface area (Å²) in [4.78, 5) is 26.5. The van der Waals surface area contributed by atoms with Gasteiger partial charge in [0.15, 0.2) is 12.4 Å². The number of carbonyl (C=O) groups excluding carboxylic acids is 2. The van der Waals surface area contributed by atoms with Crippen LogP contribution in [0.5, 0.6) is 5.75 Å². The van der Waals surface area contributed by atoms with Gasteiger partial charge in [0.25, 0.3) is 5.91 Å². The monoisotopic (exact) mass is 204 g/mol. The summed E-state index contributed by atoms with van der Waals surface area (Å²) < 4.78 is 5.23. The van der Waals surface area contributed by atoms with Crippen LogP contribution in [0.1, 0.15) is 0 Å². The van der Waals surface area contributed by atoms with Crippen molar-refractivity contribution in [1.82, 2.24) is 0 Å². The molecule has 5 heteroatoms. The fourth-order valence-electron chi connectivity index (χ4n) is 1.43. The Morgan fingerprint density at radius 3 is 3.07 bits per heavy atom. The topological polar surface area (TPSA) is 59.0 Å². The van der Waals surface area contributed by atoms with E-state index in [-0.39, 0.29) is 12.5 Å². The molecule has 0 unspecified atom stereocenters. The lowest BCUT2D eigenvalue weighted by atomic mass is 10.2. The van der Waals surface area contributed by atoms with Crippen LogP contribution in [0.4, 0.5) is 11.4 Å². The molecule has 15 heavy (non-hydrogen) atoms. The standard InChI is InChI=1S/C10H8N2O3/c1-12-8-4-2-3-7(11-6-13)10(8)15-5-9(12)14/h2-4H,5H2,1H3. The molecule has 0 radical (unpaired) electrons. The number of rotatable bonds is 1. The number of para-hydroxylation sites is 1. The van der Waals surface area contributed by atoms with E-state index in [1.54, 1.807) is 25.2 Å². The van der Waals surface area contributed by atoms with Gasteiger partial charge in [-0.2, -0.15) is 4.99 Å². The summed E-state index contributed by atoms with van der Waals surface area (Å²) in [7, 11) is 1.65. The summed E-state index contributed by atoms with van der Waals surface area (Å²) >= 11 is 0. The third kappa shape index (κ3) is 1.49. The quantitative estimate of drug-likeness (QED) is 0.506. The fourth-order valence-corrected chi connectivity index (χ4v) is 1.43. The number of fused-ring (bicyclic) bond motifs is 1. The number of amides is 1. The van der Waals surface area contributed by atoms with E-state index in [1.165, 1.54) is 11.0 Å². The second kappa shape index (κ2) is 3.55. The molecule has 1 aromatic rings. The van der Waals surface area contributed by atoms with Crippen LogP contribution in [0.2, 0.25) is 0 Å². The van der Waals surface area contributed by atoms with Crippen molar-refractivity contribution < 1.29 is 14.3 Å². The molecule has 76 valence electrons. The lowest BCUT2D eigenvalue weighted by Gasteiger charge is -2.26. The Labute approximate surface area is 86.0 Å². The van der Waals surface area contributed by atoms with Crippen LogP contribution < -0.4 is 9.64 Å². The van der Waals surface area contributed by atoms with Crippen molar-refractivity contribution in [3.63, 3.8) is 0 Å². The Kier molecular flexibility index (Phi) is 2.23. The van der Waals surface area contributed by atoms with Crippen molar-refractivity contribution in [2.75, 3.05) is 18.6 Å². The first-order valence-electron chi connectivity index (χ1n) is 4.34. The van der Waals surface area contributed by atoms with Crippen molar-refractivity contribution >= 4 is 23.4 Å². The van der Waals surface area contributed by atoms with Gasteiger partial charge < -0.3 is 9.64 Å². The third-order valence-electron chi connectivity index (χ3n) is 2.21. The van der Waals surface area contributed by atoms with Crippen LogP contribution in [0.25, 0.3) is 0 Å². The maximum Gasteiger partial charge on any atom is 0.264 e. The van der Waals surface area contributed by atoms with Crippen molar-refractivity contribution in [1.29, 1.82) is 0 Å². The smallest absolute Gasteiger partial charge is 0.264 e. The molecule has 0 atom stereocenters. The highest BCUT2D eigenvalue weighted by atomic mass is 16.5. The van der Waals surface area contributed by atoms with E-state index >= 15 is 0 Å². The van der Waals surface area contributed by atoms with Gasteiger partial charge >= 0.3 is 0 Å². The molecular weight excluding hydrogens is 196 g/mol. The highest BCUT2D eigenvalue weighted by molar-refractivity contribution is 5.98. The largest absolute Gasteiger partial charge is 0.479 e. The lowest BCUT2D eigenvalue weighted by molar-refractivity contribution is -0.120. The summed E-state index contributed by atoms with van der Waals surface area (Å²) in [6.07, 6.45) is 1.45. The predicted molar refractivity (Wildman–Crippen MR) is 53.1 cm³/mol. The zero-order valence-electron chi connectivity index (χ0n) is 8.06. The van der Waals surface area contributed by atoms with Crippen molar-refractivity contribution in [3.8, 4) is 5.75 Å². The molecule has 0 N–H and O–H groups in total. The van der Waals surface area contributed by atoms with Gasteiger partial charge in [-0.05, 0) is 12.1 Å². The number of anilines is 1. The van der Waals surface area contributed by atoms with E-state index in [0.717, 1.165) is 0 Å². The zero-order chi connectivity index (χ0) is 10.8. The Morgan fingerprint density at radius 2 is 2.33 bits per heavy atom. The Balaban J connectivity index is 2.57. The third-order valence-corrected chi connectivity index (χ3v) is 2.21. The van der Waals surface area contributed by atoms with Crippen LogP contribution in [0.15, 0.2) is 23.2 Å². The molecule has 0 saturated heterocycles. The van der Waals surface area contributed by atoms with Crippen molar-refractivity contribution in [2.45, 2.75) is 0 Å². The van der Waals surface area contributed by atoms with Gasteiger partial charge in [-0.3, -0.25) is 4.79 Å². The molecule has 0 spiro atoms. The van der Waals surface area contributed by atoms with Crippen LogP contribution in [-0.4, -0.2) is 25.6 Å². The zero-order valence-corrected chi connectivity index (χ0v) is 8.06. The van der Waals surface area contributed by atoms with Crippen LogP contribution in [0, 0.1) is 0 Å². The van der Waals surface area contributed by atoms with E-state index in [1.807, 2.05) is 0 Å². The van der Waals surface area contributed by atoms with E-state index in [0.29, 0.717) is 17.1 Å². The molecule has 1 amide bonds. The number of hydrogen-bond acceptors (Lipinski definition) is 4.